The average Bonchev–Trinajstić information content (AvgIpc) is 2.58. The van der Waals surface area contributed by atoms with Gasteiger partial charge in [0.2, 0.25) is 5.91 Å². The summed E-state index contributed by atoms with van der Waals surface area (Å²) in [5, 5.41) is 2.85. The Bertz CT molecular complexity index is 630. The van der Waals surface area contributed by atoms with Crippen LogP contribution in [-0.2, 0) is 4.79 Å². The SMILES string of the molecule is O=C(C[C@H]1CC[C@@H](c2ccccc2)CC1)Nc1ccc(F)cc1. The molecule has 0 heterocycles. The minimum Gasteiger partial charge on any atom is -0.326 e. The second-order valence-electron chi connectivity index (χ2n) is 6.39. The van der Waals surface area contributed by atoms with Crippen molar-refractivity contribution in [3.05, 3.63) is 66.0 Å². The molecule has 0 atom stereocenters. The van der Waals surface area contributed by atoms with Crippen molar-refractivity contribution in [3.8, 4) is 0 Å². The number of nitrogens with one attached hydrogen (secondary N) is 1. The van der Waals surface area contributed by atoms with Crippen LogP contribution in [0.5, 0.6) is 0 Å². The Morgan fingerprint density at radius 2 is 1.61 bits per heavy atom. The Balaban J connectivity index is 1.47. The van der Waals surface area contributed by atoms with Crippen LogP contribution in [0.25, 0.3) is 0 Å². The fraction of sp³-hybridized carbons (Fsp3) is 0.350. The maximum atomic E-state index is 12.9. The van der Waals surface area contributed by atoms with Gasteiger partial charge in [-0.1, -0.05) is 30.3 Å². The van der Waals surface area contributed by atoms with Gasteiger partial charge in [-0.3, -0.25) is 4.79 Å². The van der Waals surface area contributed by atoms with Gasteiger partial charge >= 0.3 is 0 Å². The molecule has 0 spiro atoms. The summed E-state index contributed by atoms with van der Waals surface area (Å²) in [4.78, 5) is 12.1. The first-order chi connectivity index (χ1) is 11.2. The molecule has 0 aromatic heterocycles. The number of hydrogen-bond donors (Lipinski definition) is 1. The van der Waals surface area contributed by atoms with E-state index in [4.69, 9.17) is 0 Å². The third-order valence-corrected chi connectivity index (χ3v) is 4.72. The highest BCUT2D eigenvalue weighted by molar-refractivity contribution is 5.90. The summed E-state index contributed by atoms with van der Waals surface area (Å²) >= 11 is 0. The summed E-state index contributed by atoms with van der Waals surface area (Å²) in [5.74, 6) is 0.824. The number of carbonyl (C=O) groups is 1. The minimum atomic E-state index is -0.290. The summed E-state index contributed by atoms with van der Waals surface area (Å²) in [5.41, 5.74) is 2.08. The fourth-order valence-corrected chi connectivity index (χ4v) is 3.43. The molecule has 0 aliphatic heterocycles. The number of rotatable bonds is 4. The van der Waals surface area contributed by atoms with Gasteiger partial charge in [-0.05, 0) is 67.3 Å². The van der Waals surface area contributed by atoms with Crippen molar-refractivity contribution in [1.82, 2.24) is 0 Å². The maximum absolute atomic E-state index is 12.9. The molecule has 3 heteroatoms. The summed E-state index contributed by atoms with van der Waals surface area (Å²) in [7, 11) is 0. The van der Waals surface area contributed by atoms with Crippen LogP contribution in [0.4, 0.5) is 10.1 Å². The number of hydrogen-bond acceptors (Lipinski definition) is 1. The van der Waals surface area contributed by atoms with Crippen LogP contribution in [0.1, 0.15) is 43.6 Å². The van der Waals surface area contributed by atoms with Crippen LogP contribution in [0.15, 0.2) is 54.6 Å². The molecular formula is C20H22FNO. The van der Waals surface area contributed by atoms with Crippen molar-refractivity contribution in [2.24, 2.45) is 5.92 Å². The van der Waals surface area contributed by atoms with E-state index in [9.17, 15) is 9.18 Å². The molecule has 23 heavy (non-hydrogen) atoms. The first kappa shape index (κ1) is 15.7. The van der Waals surface area contributed by atoms with Crippen LogP contribution in [0, 0.1) is 11.7 Å². The second kappa shape index (κ2) is 7.40. The lowest BCUT2D eigenvalue weighted by atomic mass is 9.77. The van der Waals surface area contributed by atoms with Gasteiger partial charge in [-0.15, -0.1) is 0 Å². The number of amides is 1. The van der Waals surface area contributed by atoms with E-state index in [1.807, 2.05) is 0 Å². The Hall–Kier alpha value is -2.16. The van der Waals surface area contributed by atoms with E-state index in [0.717, 1.165) is 25.7 Å². The predicted molar refractivity (Wildman–Crippen MR) is 90.8 cm³/mol. The van der Waals surface area contributed by atoms with Crippen molar-refractivity contribution in [2.75, 3.05) is 5.32 Å². The largest absolute Gasteiger partial charge is 0.326 e. The highest BCUT2D eigenvalue weighted by atomic mass is 19.1. The van der Waals surface area contributed by atoms with E-state index in [1.54, 1.807) is 12.1 Å². The van der Waals surface area contributed by atoms with E-state index in [-0.39, 0.29) is 11.7 Å². The monoisotopic (exact) mass is 311 g/mol. The number of benzene rings is 2. The zero-order valence-corrected chi connectivity index (χ0v) is 13.2. The van der Waals surface area contributed by atoms with Gasteiger partial charge in [-0.2, -0.15) is 0 Å². The van der Waals surface area contributed by atoms with Crippen molar-refractivity contribution in [1.29, 1.82) is 0 Å². The molecule has 2 nitrogen and oxygen atoms in total. The van der Waals surface area contributed by atoms with Gasteiger partial charge in [-0.25, -0.2) is 4.39 Å². The van der Waals surface area contributed by atoms with Crippen molar-refractivity contribution < 1.29 is 9.18 Å². The van der Waals surface area contributed by atoms with Crippen LogP contribution < -0.4 is 5.32 Å². The standard InChI is InChI=1S/C20H22FNO/c21-18-10-12-19(13-11-18)22-20(23)14-15-6-8-17(9-7-15)16-4-2-1-3-5-16/h1-5,10-13,15,17H,6-9,14H2,(H,22,23)/t15-,17+. The number of carbonyl (C=O) groups excluding carboxylic acids is 1. The highest BCUT2D eigenvalue weighted by Crippen LogP contribution is 2.37. The number of anilines is 1. The molecule has 2 aromatic rings. The summed E-state index contributed by atoms with van der Waals surface area (Å²) in [6.07, 6.45) is 5.04. The van der Waals surface area contributed by atoms with Crippen LogP contribution in [0.2, 0.25) is 0 Å². The Morgan fingerprint density at radius 1 is 0.957 bits per heavy atom. The van der Waals surface area contributed by atoms with Gasteiger partial charge in [0.15, 0.2) is 0 Å². The molecule has 0 unspecified atom stereocenters. The molecule has 1 amide bonds. The fourth-order valence-electron chi connectivity index (χ4n) is 3.43. The molecule has 2 aromatic carbocycles. The Morgan fingerprint density at radius 3 is 2.26 bits per heavy atom. The maximum Gasteiger partial charge on any atom is 0.224 e. The molecule has 0 radical (unpaired) electrons. The number of halogens is 1. The van der Waals surface area contributed by atoms with E-state index in [2.05, 4.69) is 35.6 Å². The highest BCUT2D eigenvalue weighted by Gasteiger charge is 2.23. The molecule has 1 N–H and O–H groups in total. The van der Waals surface area contributed by atoms with Crippen molar-refractivity contribution in [2.45, 2.75) is 38.0 Å². The zero-order valence-electron chi connectivity index (χ0n) is 13.2. The Labute approximate surface area is 136 Å². The van der Waals surface area contributed by atoms with Crippen LogP contribution >= 0.6 is 0 Å². The second-order valence-corrected chi connectivity index (χ2v) is 6.39. The third-order valence-electron chi connectivity index (χ3n) is 4.72. The van der Waals surface area contributed by atoms with Crippen molar-refractivity contribution in [3.63, 3.8) is 0 Å². The topological polar surface area (TPSA) is 29.1 Å². The molecular weight excluding hydrogens is 289 g/mol. The van der Waals surface area contributed by atoms with E-state index < -0.39 is 0 Å². The van der Waals surface area contributed by atoms with Gasteiger partial charge in [0.1, 0.15) is 5.82 Å². The lowest BCUT2D eigenvalue weighted by Gasteiger charge is -2.28. The normalized spacial score (nSPS) is 20.9. The molecule has 0 bridgehead atoms. The van der Waals surface area contributed by atoms with Gasteiger partial charge in [0.25, 0.3) is 0 Å². The average molecular weight is 311 g/mol. The molecule has 1 aliphatic rings. The first-order valence-electron chi connectivity index (χ1n) is 8.31. The quantitative estimate of drug-likeness (QED) is 0.833. The molecule has 0 saturated heterocycles. The van der Waals surface area contributed by atoms with Gasteiger partial charge in [0, 0.05) is 12.1 Å². The molecule has 3 rings (SSSR count). The summed E-state index contributed by atoms with van der Waals surface area (Å²) in [6.45, 7) is 0. The third kappa shape index (κ3) is 4.41. The molecule has 120 valence electrons. The van der Waals surface area contributed by atoms with Gasteiger partial charge in [0.05, 0.1) is 0 Å². The lowest BCUT2D eigenvalue weighted by molar-refractivity contribution is -0.117. The molecule has 1 aliphatic carbocycles. The zero-order chi connectivity index (χ0) is 16.1. The van der Waals surface area contributed by atoms with E-state index >= 15 is 0 Å². The summed E-state index contributed by atoms with van der Waals surface area (Å²) < 4.78 is 12.9. The first-order valence-corrected chi connectivity index (χ1v) is 8.31. The molecule has 1 fully saturated rings. The predicted octanol–water partition coefficient (Wildman–Crippen LogP) is 5.13. The van der Waals surface area contributed by atoms with E-state index in [0.29, 0.717) is 23.9 Å². The Kier molecular flexibility index (Phi) is 5.06. The van der Waals surface area contributed by atoms with Crippen molar-refractivity contribution >= 4 is 11.6 Å². The van der Waals surface area contributed by atoms with Gasteiger partial charge < -0.3 is 5.32 Å². The van der Waals surface area contributed by atoms with E-state index in [1.165, 1.54) is 17.7 Å². The van der Waals surface area contributed by atoms with Crippen LogP contribution in [-0.4, -0.2) is 5.91 Å². The minimum absolute atomic E-state index is 0.0276. The van der Waals surface area contributed by atoms with Crippen LogP contribution in [0.3, 0.4) is 0 Å². The molecule has 1 saturated carbocycles. The summed E-state index contributed by atoms with van der Waals surface area (Å²) in [6, 6.07) is 16.6. The smallest absolute Gasteiger partial charge is 0.224 e. The lowest BCUT2D eigenvalue weighted by Crippen LogP contribution is -2.20.